The number of alkyl halides is 1. The van der Waals surface area contributed by atoms with E-state index in [-0.39, 0.29) is 17.5 Å². The van der Waals surface area contributed by atoms with Gasteiger partial charge in [0.2, 0.25) is 0 Å². The topological polar surface area (TPSA) is 17.8 Å². The fourth-order valence-electron chi connectivity index (χ4n) is 2.35. The standard InChI is InChI=1S/C15H10ClF2IN2/c1-8-2-9(17)4-10(3-8)21-14-5-11(18)12(19)6-13(14)20-15(21)7-16/h2-6H,7H2,1H3. The van der Waals surface area contributed by atoms with Crippen LogP contribution in [0.25, 0.3) is 16.7 Å². The molecule has 0 unspecified atom stereocenters. The van der Waals surface area contributed by atoms with Gasteiger partial charge >= 0.3 is 0 Å². The highest BCUT2D eigenvalue weighted by Gasteiger charge is 2.15. The number of hydrogen-bond acceptors (Lipinski definition) is 1. The predicted octanol–water partition coefficient (Wildman–Crippen LogP) is 4.96. The summed E-state index contributed by atoms with van der Waals surface area (Å²) < 4.78 is 29.7. The SMILES string of the molecule is Cc1cc(F)cc(-n2c(CCl)nc3cc(I)c(F)cc32)c1. The number of nitrogens with zero attached hydrogens (tertiary/aromatic N) is 2. The molecule has 0 spiro atoms. The Bertz CT molecular complexity index is 825. The van der Waals surface area contributed by atoms with Gasteiger partial charge in [-0.25, -0.2) is 13.8 Å². The molecule has 2 aromatic carbocycles. The third kappa shape index (κ3) is 2.64. The average Bonchev–Trinajstić information content (AvgIpc) is 2.75. The van der Waals surface area contributed by atoms with E-state index in [9.17, 15) is 8.78 Å². The van der Waals surface area contributed by atoms with E-state index in [0.29, 0.717) is 26.1 Å². The number of benzene rings is 2. The van der Waals surface area contributed by atoms with Gasteiger partial charge in [0, 0.05) is 6.07 Å². The smallest absolute Gasteiger partial charge is 0.138 e. The summed E-state index contributed by atoms with van der Waals surface area (Å²) in [4.78, 5) is 4.41. The minimum atomic E-state index is -0.349. The molecule has 0 saturated heterocycles. The molecule has 1 heterocycles. The zero-order valence-corrected chi connectivity index (χ0v) is 13.9. The molecule has 0 saturated carbocycles. The van der Waals surface area contributed by atoms with E-state index in [4.69, 9.17) is 11.6 Å². The van der Waals surface area contributed by atoms with Crippen LogP contribution in [0.3, 0.4) is 0 Å². The fraction of sp³-hybridized carbons (Fsp3) is 0.133. The summed E-state index contributed by atoms with van der Waals surface area (Å²) in [5.74, 6) is 0.0255. The van der Waals surface area contributed by atoms with Crippen molar-refractivity contribution in [3.63, 3.8) is 0 Å². The molecule has 3 rings (SSSR count). The lowest BCUT2D eigenvalue weighted by molar-refractivity contribution is 0.621. The maximum Gasteiger partial charge on any atom is 0.138 e. The lowest BCUT2D eigenvalue weighted by Crippen LogP contribution is -2.00. The number of hydrogen-bond donors (Lipinski definition) is 0. The summed E-state index contributed by atoms with van der Waals surface area (Å²) in [6, 6.07) is 7.70. The highest BCUT2D eigenvalue weighted by molar-refractivity contribution is 14.1. The van der Waals surface area contributed by atoms with Crippen LogP contribution < -0.4 is 0 Å². The van der Waals surface area contributed by atoms with Crippen molar-refractivity contribution < 1.29 is 8.78 Å². The first-order valence-electron chi connectivity index (χ1n) is 6.19. The zero-order chi connectivity index (χ0) is 15.1. The van der Waals surface area contributed by atoms with Crippen molar-refractivity contribution in [2.24, 2.45) is 0 Å². The van der Waals surface area contributed by atoms with Crippen molar-refractivity contribution in [1.29, 1.82) is 0 Å². The summed E-state index contributed by atoms with van der Waals surface area (Å²) in [7, 11) is 0. The van der Waals surface area contributed by atoms with Crippen LogP contribution in [0.2, 0.25) is 0 Å². The highest BCUT2D eigenvalue weighted by Crippen LogP contribution is 2.26. The molecule has 6 heteroatoms. The van der Waals surface area contributed by atoms with Gasteiger partial charge in [0.05, 0.1) is 26.2 Å². The van der Waals surface area contributed by atoms with Crippen LogP contribution in [-0.2, 0) is 5.88 Å². The van der Waals surface area contributed by atoms with Crippen LogP contribution >= 0.6 is 34.2 Å². The van der Waals surface area contributed by atoms with E-state index in [2.05, 4.69) is 4.98 Å². The molecular formula is C15H10ClF2IN2. The second kappa shape index (κ2) is 5.53. The van der Waals surface area contributed by atoms with Crippen LogP contribution in [-0.4, -0.2) is 9.55 Å². The summed E-state index contributed by atoms with van der Waals surface area (Å²) in [6.07, 6.45) is 0. The van der Waals surface area contributed by atoms with Gasteiger partial charge < -0.3 is 0 Å². The van der Waals surface area contributed by atoms with Crippen LogP contribution in [0, 0.1) is 22.1 Å². The largest absolute Gasteiger partial charge is 0.295 e. The Hall–Kier alpha value is -1.21. The molecule has 0 radical (unpaired) electrons. The quantitative estimate of drug-likeness (QED) is 0.425. The summed E-state index contributed by atoms with van der Waals surface area (Å²) in [6.45, 7) is 1.80. The Morgan fingerprint density at radius 3 is 2.62 bits per heavy atom. The van der Waals surface area contributed by atoms with E-state index in [1.165, 1.54) is 18.2 Å². The molecule has 0 atom stereocenters. The van der Waals surface area contributed by atoms with Crippen LogP contribution in [0.5, 0.6) is 0 Å². The van der Waals surface area contributed by atoms with Crippen LogP contribution in [0.15, 0.2) is 30.3 Å². The van der Waals surface area contributed by atoms with Gasteiger partial charge in [0.1, 0.15) is 17.5 Å². The third-order valence-corrected chi connectivity index (χ3v) is 4.24. The molecule has 0 fully saturated rings. The Morgan fingerprint density at radius 2 is 1.95 bits per heavy atom. The highest BCUT2D eigenvalue weighted by atomic mass is 127. The molecule has 0 N–H and O–H groups in total. The number of imidazole rings is 1. The van der Waals surface area contributed by atoms with Crippen molar-refractivity contribution in [2.75, 3.05) is 0 Å². The molecule has 0 aliphatic carbocycles. The molecule has 108 valence electrons. The minimum absolute atomic E-state index is 0.155. The summed E-state index contributed by atoms with van der Waals surface area (Å²) in [5.41, 5.74) is 2.58. The number of aromatic nitrogens is 2. The third-order valence-electron chi connectivity index (χ3n) is 3.17. The van der Waals surface area contributed by atoms with Gasteiger partial charge in [0.25, 0.3) is 0 Å². The first-order valence-corrected chi connectivity index (χ1v) is 7.81. The maximum atomic E-state index is 13.9. The van der Waals surface area contributed by atoms with E-state index >= 15 is 0 Å². The van der Waals surface area contributed by atoms with Gasteiger partial charge in [0.15, 0.2) is 0 Å². The Morgan fingerprint density at radius 1 is 1.19 bits per heavy atom. The molecule has 0 bridgehead atoms. The fourth-order valence-corrected chi connectivity index (χ4v) is 2.98. The molecule has 3 aromatic rings. The van der Waals surface area contributed by atoms with Gasteiger partial charge in [-0.05, 0) is 59.3 Å². The molecule has 1 aromatic heterocycles. The first-order chi connectivity index (χ1) is 9.99. The molecule has 21 heavy (non-hydrogen) atoms. The predicted molar refractivity (Wildman–Crippen MR) is 88.0 cm³/mol. The van der Waals surface area contributed by atoms with E-state index in [0.717, 1.165) is 5.56 Å². The number of fused-ring (bicyclic) bond motifs is 1. The lowest BCUT2D eigenvalue weighted by Gasteiger charge is -2.09. The molecule has 2 nitrogen and oxygen atoms in total. The Balaban J connectivity index is 2.36. The molecular weight excluding hydrogens is 409 g/mol. The lowest BCUT2D eigenvalue weighted by atomic mass is 10.2. The van der Waals surface area contributed by atoms with Crippen molar-refractivity contribution >= 4 is 45.2 Å². The van der Waals surface area contributed by atoms with E-state index < -0.39 is 0 Å². The summed E-state index contributed by atoms with van der Waals surface area (Å²) in [5, 5.41) is 0. The van der Waals surface area contributed by atoms with Gasteiger partial charge in [-0.2, -0.15) is 0 Å². The maximum absolute atomic E-state index is 13.9. The van der Waals surface area contributed by atoms with Gasteiger partial charge in [-0.15, -0.1) is 11.6 Å². The van der Waals surface area contributed by atoms with Gasteiger partial charge in [-0.3, -0.25) is 4.57 Å². The Kier molecular flexibility index (Phi) is 3.88. The number of rotatable bonds is 2. The van der Waals surface area contributed by atoms with Gasteiger partial charge in [-0.1, -0.05) is 0 Å². The van der Waals surface area contributed by atoms with E-state index in [1.54, 1.807) is 17.6 Å². The van der Waals surface area contributed by atoms with Crippen LogP contribution in [0.1, 0.15) is 11.4 Å². The van der Waals surface area contributed by atoms with Crippen molar-refractivity contribution in [3.05, 3.63) is 56.9 Å². The minimum Gasteiger partial charge on any atom is -0.295 e. The van der Waals surface area contributed by atoms with E-state index in [1.807, 2.05) is 28.7 Å². The number of halogens is 4. The number of aryl methyl sites for hydroxylation is 1. The zero-order valence-electron chi connectivity index (χ0n) is 11.0. The molecule has 0 aliphatic heterocycles. The monoisotopic (exact) mass is 418 g/mol. The van der Waals surface area contributed by atoms with Crippen molar-refractivity contribution in [2.45, 2.75) is 12.8 Å². The Labute approximate surface area is 138 Å². The second-order valence-corrected chi connectivity index (χ2v) is 6.17. The first kappa shape index (κ1) is 14.7. The van der Waals surface area contributed by atoms with Crippen LogP contribution in [0.4, 0.5) is 8.78 Å². The molecule has 0 aliphatic rings. The summed E-state index contributed by atoms with van der Waals surface area (Å²) >= 11 is 7.85. The normalized spacial score (nSPS) is 11.3. The van der Waals surface area contributed by atoms with Crippen molar-refractivity contribution in [3.8, 4) is 5.69 Å². The second-order valence-electron chi connectivity index (χ2n) is 4.74. The molecule has 0 amide bonds. The average molecular weight is 419 g/mol. The van der Waals surface area contributed by atoms with Crippen molar-refractivity contribution in [1.82, 2.24) is 9.55 Å².